The van der Waals surface area contributed by atoms with Crippen molar-refractivity contribution in [3.63, 3.8) is 0 Å². The molecule has 0 saturated carbocycles. The van der Waals surface area contributed by atoms with Crippen molar-refractivity contribution >= 4 is 46.5 Å². The Balaban J connectivity index is 1.56. The molecule has 0 bridgehead atoms. The van der Waals surface area contributed by atoms with Crippen LogP contribution in [0.25, 0.3) is 0 Å². The number of rotatable bonds is 5. The molecule has 2 amide bonds. The summed E-state index contributed by atoms with van der Waals surface area (Å²) in [6.45, 7) is 1.65. The first-order chi connectivity index (χ1) is 13.0. The van der Waals surface area contributed by atoms with Crippen LogP contribution >= 0.6 is 23.6 Å². The van der Waals surface area contributed by atoms with Gasteiger partial charge in [0.05, 0.1) is 17.4 Å². The number of ether oxygens (including phenoxy) is 2. The standard InChI is InChI=1S/C17H21N3O5S2/c21-14(25-10-11-3-1-7-24-11)9-12-15(22)18-5-6-20(12)17(26)19-16(23)13-4-2-8-27-13/h2,4,8,11-12H,1,3,5-7,9-10H2,(H,18,22)(H,19,23,26). The van der Waals surface area contributed by atoms with Crippen LogP contribution in [0.3, 0.4) is 0 Å². The third kappa shape index (κ3) is 5.24. The molecule has 1 aromatic rings. The number of amides is 2. The van der Waals surface area contributed by atoms with Crippen molar-refractivity contribution in [1.29, 1.82) is 0 Å². The molecule has 2 aliphatic rings. The molecule has 8 nitrogen and oxygen atoms in total. The Morgan fingerprint density at radius 1 is 1.48 bits per heavy atom. The van der Waals surface area contributed by atoms with Crippen LogP contribution < -0.4 is 10.6 Å². The van der Waals surface area contributed by atoms with Gasteiger partial charge in [-0.1, -0.05) is 6.07 Å². The van der Waals surface area contributed by atoms with Crippen molar-refractivity contribution in [3.05, 3.63) is 22.4 Å². The zero-order valence-corrected chi connectivity index (χ0v) is 16.3. The average Bonchev–Trinajstić information content (AvgIpc) is 3.35. The van der Waals surface area contributed by atoms with E-state index >= 15 is 0 Å². The van der Waals surface area contributed by atoms with Gasteiger partial charge in [0.15, 0.2) is 5.11 Å². The quantitative estimate of drug-likeness (QED) is 0.543. The molecule has 10 heteroatoms. The fraction of sp³-hybridized carbons (Fsp3) is 0.529. The number of thiocarbonyl (C=S) groups is 1. The van der Waals surface area contributed by atoms with Gasteiger partial charge in [0, 0.05) is 19.7 Å². The molecule has 2 unspecified atom stereocenters. The molecule has 2 N–H and O–H groups in total. The maximum absolute atomic E-state index is 12.3. The summed E-state index contributed by atoms with van der Waals surface area (Å²) >= 11 is 6.60. The van der Waals surface area contributed by atoms with E-state index in [0.717, 1.165) is 12.8 Å². The van der Waals surface area contributed by atoms with E-state index in [4.69, 9.17) is 21.7 Å². The minimum atomic E-state index is -0.813. The summed E-state index contributed by atoms with van der Waals surface area (Å²) in [7, 11) is 0. The summed E-state index contributed by atoms with van der Waals surface area (Å²) in [6.07, 6.45) is 1.60. The van der Waals surface area contributed by atoms with Crippen LogP contribution in [0.5, 0.6) is 0 Å². The van der Waals surface area contributed by atoms with Gasteiger partial charge >= 0.3 is 5.97 Å². The molecule has 0 aliphatic carbocycles. The zero-order chi connectivity index (χ0) is 19.2. The van der Waals surface area contributed by atoms with Crippen LogP contribution in [-0.4, -0.2) is 66.2 Å². The Labute approximate surface area is 166 Å². The molecule has 2 fully saturated rings. The first kappa shape index (κ1) is 19.7. The van der Waals surface area contributed by atoms with Crippen molar-refractivity contribution in [1.82, 2.24) is 15.5 Å². The number of hydrogen-bond donors (Lipinski definition) is 2. The van der Waals surface area contributed by atoms with Crippen molar-refractivity contribution in [2.75, 3.05) is 26.3 Å². The molecule has 0 radical (unpaired) electrons. The number of thiophene rings is 1. The summed E-state index contributed by atoms with van der Waals surface area (Å²) in [4.78, 5) is 38.7. The van der Waals surface area contributed by atoms with Gasteiger partial charge in [-0.15, -0.1) is 11.3 Å². The first-order valence-corrected chi connectivity index (χ1v) is 10.0. The number of carbonyl (C=O) groups is 3. The largest absolute Gasteiger partial charge is 0.463 e. The van der Waals surface area contributed by atoms with E-state index in [2.05, 4.69) is 10.6 Å². The summed E-state index contributed by atoms with van der Waals surface area (Å²) in [5.41, 5.74) is 0. The molecule has 146 valence electrons. The SMILES string of the molecule is O=C(CC1C(=O)NCCN1C(=S)NC(=O)c1cccs1)OCC1CCCO1. The van der Waals surface area contributed by atoms with Crippen molar-refractivity contribution in [2.24, 2.45) is 0 Å². The van der Waals surface area contributed by atoms with Crippen LogP contribution in [0.15, 0.2) is 17.5 Å². The minimum absolute atomic E-state index is 0.0728. The number of carbonyl (C=O) groups excluding carboxylic acids is 3. The van der Waals surface area contributed by atoms with E-state index in [1.807, 2.05) is 0 Å². The number of esters is 1. The molecule has 0 spiro atoms. The van der Waals surface area contributed by atoms with E-state index in [9.17, 15) is 14.4 Å². The van der Waals surface area contributed by atoms with E-state index < -0.39 is 12.0 Å². The zero-order valence-electron chi connectivity index (χ0n) is 14.6. The molecule has 0 aromatic carbocycles. The second-order valence-corrected chi connectivity index (χ2v) is 7.59. The topological polar surface area (TPSA) is 97.0 Å². The Hall–Kier alpha value is -2.04. The monoisotopic (exact) mass is 411 g/mol. The Morgan fingerprint density at radius 3 is 3.04 bits per heavy atom. The van der Waals surface area contributed by atoms with Crippen LogP contribution in [0.2, 0.25) is 0 Å². The molecule has 2 aliphatic heterocycles. The smallest absolute Gasteiger partial charge is 0.308 e. The Morgan fingerprint density at radius 2 is 2.33 bits per heavy atom. The highest BCUT2D eigenvalue weighted by molar-refractivity contribution is 7.80. The molecule has 3 rings (SSSR count). The summed E-state index contributed by atoms with van der Waals surface area (Å²) in [6, 6.07) is 2.64. The Bertz CT molecular complexity index is 703. The lowest BCUT2D eigenvalue weighted by molar-refractivity contribution is -0.150. The molecular weight excluding hydrogens is 390 g/mol. The maximum Gasteiger partial charge on any atom is 0.308 e. The second kappa shape index (κ2) is 9.25. The fourth-order valence-electron chi connectivity index (χ4n) is 2.98. The molecular formula is C17H21N3O5S2. The van der Waals surface area contributed by atoms with Crippen molar-refractivity contribution < 1.29 is 23.9 Å². The first-order valence-electron chi connectivity index (χ1n) is 8.75. The molecule has 2 atom stereocenters. The molecule has 3 heterocycles. The number of nitrogens with one attached hydrogen (secondary N) is 2. The summed E-state index contributed by atoms with van der Waals surface area (Å²) in [5.74, 6) is -1.14. The number of hydrogen-bond acceptors (Lipinski definition) is 7. The second-order valence-electron chi connectivity index (χ2n) is 6.26. The highest BCUT2D eigenvalue weighted by Crippen LogP contribution is 2.15. The lowest BCUT2D eigenvalue weighted by Crippen LogP contribution is -2.60. The molecule has 2 saturated heterocycles. The summed E-state index contributed by atoms with van der Waals surface area (Å²) < 4.78 is 10.7. The predicted octanol–water partition coefficient (Wildman–Crippen LogP) is 0.676. The average molecular weight is 412 g/mol. The van der Waals surface area contributed by atoms with Crippen LogP contribution in [0, 0.1) is 0 Å². The van der Waals surface area contributed by atoms with Crippen LogP contribution in [-0.2, 0) is 19.1 Å². The van der Waals surface area contributed by atoms with E-state index in [1.54, 1.807) is 22.4 Å². The van der Waals surface area contributed by atoms with E-state index in [0.29, 0.717) is 24.6 Å². The van der Waals surface area contributed by atoms with Gasteiger partial charge in [0.2, 0.25) is 5.91 Å². The lowest BCUT2D eigenvalue weighted by atomic mass is 10.1. The van der Waals surface area contributed by atoms with Gasteiger partial charge in [-0.2, -0.15) is 0 Å². The van der Waals surface area contributed by atoms with Crippen LogP contribution in [0.1, 0.15) is 28.9 Å². The fourth-order valence-corrected chi connectivity index (χ4v) is 3.91. The number of piperazine rings is 1. The van der Waals surface area contributed by atoms with Crippen molar-refractivity contribution in [2.45, 2.75) is 31.4 Å². The van der Waals surface area contributed by atoms with E-state index in [-0.39, 0.29) is 36.1 Å². The highest BCUT2D eigenvalue weighted by atomic mass is 32.1. The third-order valence-electron chi connectivity index (χ3n) is 4.37. The molecule has 27 heavy (non-hydrogen) atoms. The number of nitrogens with zero attached hydrogens (tertiary/aromatic N) is 1. The maximum atomic E-state index is 12.3. The Kier molecular flexibility index (Phi) is 6.75. The van der Waals surface area contributed by atoms with Gasteiger partial charge in [-0.3, -0.25) is 19.7 Å². The highest BCUT2D eigenvalue weighted by Gasteiger charge is 2.34. The van der Waals surface area contributed by atoms with E-state index in [1.165, 1.54) is 11.3 Å². The van der Waals surface area contributed by atoms with Gasteiger partial charge in [0.1, 0.15) is 12.6 Å². The van der Waals surface area contributed by atoms with Gasteiger partial charge in [0.25, 0.3) is 5.91 Å². The van der Waals surface area contributed by atoms with Crippen molar-refractivity contribution in [3.8, 4) is 0 Å². The molecule has 1 aromatic heterocycles. The van der Waals surface area contributed by atoms with Gasteiger partial charge < -0.3 is 19.7 Å². The predicted molar refractivity (Wildman–Crippen MR) is 102 cm³/mol. The third-order valence-corrected chi connectivity index (χ3v) is 5.58. The van der Waals surface area contributed by atoms with Gasteiger partial charge in [-0.05, 0) is 36.5 Å². The van der Waals surface area contributed by atoms with Gasteiger partial charge in [-0.25, -0.2) is 0 Å². The normalized spacial score (nSPS) is 22.2. The van der Waals surface area contributed by atoms with Crippen LogP contribution in [0.4, 0.5) is 0 Å². The summed E-state index contributed by atoms with van der Waals surface area (Å²) in [5, 5.41) is 7.26. The lowest BCUT2D eigenvalue weighted by Gasteiger charge is -2.36. The minimum Gasteiger partial charge on any atom is -0.463 e.